The molecule has 0 aromatic heterocycles. The normalized spacial score (nSPS) is 53.5. The first-order valence-electron chi connectivity index (χ1n) is 8.23. The zero-order valence-corrected chi connectivity index (χ0v) is 12.3. The molecule has 5 fully saturated rings. The highest BCUT2D eigenvalue weighted by molar-refractivity contribution is 5.09. The summed E-state index contributed by atoms with van der Waals surface area (Å²) in [6, 6.07) is 1.57. The van der Waals surface area contributed by atoms with Crippen LogP contribution in [0.5, 0.6) is 0 Å². The molecule has 5 saturated carbocycles. The second kappa shape index (κ2) is 3.53. The van der Waals surface area contributed by atoms with Crippen LogP contribution in [0.25, 0.3) is 0 Å². The van der Waals surface area contributed by atoms with E-state index in [4.69, 9.17) is 0 Å². The van der Waals surface area contributed by atoms with Crippen molar-refractivity contribution in [3.63, 3.8) is 0 Å². The SMILES string of the molecule is CC(NC1CC1(C)C)C12CC3CC(CC(C3)C1)C2. The van der Waals surface area contributed by atoms with Crippen molar-refractivity contribution in [2.75, 3.05) is 0 Å². The molecule has 102 valence electrons. The van der Waals surface area contributed by atoms with Gasteiger partial charge < -0.3 is 5.32 Å². The van der Waals surface area contributed by atoms with Crippen LogP contribution >= 0.6 is 0 Å². The lowest BCUT2D eigenvalue weighted by atomic mass is 9.48. The third kappa shape index (κ3) is 1.69. The van der Waals surface area contributed by atoms with Gasteiger partial charge in [-0.2, -0.15) is 0 Å². The Morgan fingerprint density at radius 1 is 0.889 bits per heavy atom. The molecule has 1 heteroatoms. The van der Waals surface area contributed by atoms with E-state index < -0.39 is 0 Å². The maximum Gasteiger partial charge on any atom is 0.0127 e. The van der Waals surface area contributed by atoms with Crippen molar-refractivity contribution >= 4 is 0 Å². The van der Waals surface area contributed by atoms with E-state index in [0.29, 0.717) is 10.8 Å². The van der Waals surface area contributed by atoms with Gasteiger partial charge in [-0.25, -0.2) is 0 Å². The summed E-state index contributed by atoms with van der Waals surface area (Å²) in [4.78, 5) is 0. The van der Waals surface area contributed by atoms with E-state index in [0.717, 1.165) is 29.8 Å². The topological polar surface area (TPSA) is 12.0 Å². The molecule has 2 atom stereocenters. The zero-order valence-electron chi connectivity index (χ0n) is 12.3. The van der Waals surface area contributed by atoms with Crippen molar-refractivity contribution in [3.05, 3.63) is 0 Å². The summed E-state index contributed by atoms with van der Waals surface area (Å²) in [5, 5.41) is 4.00. The fourth-order valence-electron chi connectivity index (χ4n) is 5.94. The summed E-state index contributed by atoms with van der Waals surface area (Å²) < 4.78 is 0. The Bertz CT molecular complexity index is 321. The summed E-state index contributed by atoms with van der Waals surface area (Å²) in [5.74, 6) is 3.27. The molecule has 1 nitrogen and oxygen atoms in total. The molecular weight excluding hydrogens is 218 g/mol. The Morgan fingerprint density at radius 2 is 1.33 bits per heavy atom. The second-order valence-corrected chi connectivity index (χ2v) is 8.91. The van der Waals surface area contributed by atoms with E-state index in [2.05, 4.69) is 26.1 Å². The molecule has 5 aliphatic carbocycles. The van der Waals surface area contributed by atoms with Gasteiger partial charge in [0.1, 0.15) is 0 Å². The van der Waals surface area contributed by atoms with Crippen molar-refractivity contribution in [2.24, 2.45) is 28.6 Å². The Labute approximate surface area is 112 Å². The lowest BCUT2D eigenvalue weighted by Crippen LogP contribution is -2.55. The minimum Gasteiger partial charge on any atom is -0.310 e. The molecular formula is C17H29N. The third-order valence-corrected chi connectivity index (χ3v) is 6.97. The van der Waals surface area contributed by atoms with Crippen molar-refractivity contribution < 1.29 is 0 Å². The molecule has 0 aliphatic heterocycles. The van der Waals surface area contributed by atoms with E-state index >= 15 is 0 Å². The van der Waals surface area contributed by atoms with Crippen molar-refractivity contribution in [1.29, 1.82) is 0 Å². The number of nitrogens with one attached hydrogen (secondary N) is 1. The van der Waals surface area contributed by atoms with Gasteiger partial charge in [-0.1, -0.05) is 13.8 Å². The Hall–Kier alpha value is -0.0400. The third-order valence-electron chi connectivity index (χ3n) is 6.97. The first-order chi connectivity index (χ1) is 8.47. The van der Waals surface area contributed by atoms with E-state index in [1.807, 2.05) is 0 Å². The lowest BCUT2D eigenvalue weighted by Gasteiger charge is -2.59. The van der Waals surface area contributed by atoms with E-state index in [9.17, 15) is 0 Å². The summed E-state index contributed by atoms with van der Waals surface area (Å²) in [6.45, 7) is 7.33. The average Bonchev–Trinajstić information content (AvgIpc) is 2.83. The molecule has 1 N–H and O–H groups in total. The fourth-order valence-corrected chi connectivity index (χ4v) is 5.94. The monoisotopic (exact) mass is 247 g/mol. The van der Waals surface area contributed by atoms with Crippen LogP contribution in [0.3, 0.4) is 0 Å². The molecule has 0 spiro atoms. The molecule has 5 rings (SSSR count). The first-order valence-corrected chi connectivity index (χ1v) is 8.23. The van der Waals surface area contributed by atoms with Crippen molar-refractivity contribution in [1.82, 2.24) is 5.32 Å². The smallest absolute Gasteiger partial charge is 0.0127 e. The molecule has 18 heavy (non-hydrogen) atoms. The van der Waals surface area contributed by atoms with Crippen LogP contribution < -0.4 is 5.32 Å². The van der Waals surface area contributed by atoms with Crippen LogP contribution in [0.1, 0.15) is 65.7 Å². The molecule has 0 amide bonds. The van der Waals surface area contributed by atoms with Crippen LogP contribution in [0, 0.1) is 28.6 Å². The van der Waals surface area contributed by atoms with E-state index in [-0.39, 0.29) is 0 Å². The predicted octanol–water partition coefficient (Wildman–Crippen LogP) is 3.98. The molecule has 0 heterocycles. The minimum atomic E-state index is 0.580. The summed E-state index contributed by atoms with van der Waals surface area (Å²) in [7, 11) is 0. The lowest BCUT2D eigenvalue weighted by molar-refractivity contribution is -0.0710. The maximum atomic E-state index is 4.00. The van der Waals surface area contributed by atoms with Crippen molar-refractivity contribution in [3.8, 4) is 0 Å². The summed E-state index contributed by atoms with van der Waals surface area (Å²) in [6.07, 6.45) is 10.7. The van der Waals surface area contributed by atoms with Crippen LogP contribution in [0.4, 0.5) is 0 Å². The Kier molecular flexibility index (Phi) is 2.31. The molecule has 4 bridgehead atoms. The van der Waals surface area contributed by atoms with Crippen LogP contribution in [0.15, 0.2) is 0 Å². The van der Waals surface area contributed by atoms with Gasteiger partial charge in [0.2, 0.25) is 0 Å². The van der Waals surface area contributed by atoms with Crippen LogP contribution in [-0.4, -0.2) is 12.1 Å². The number of rotatable bonds is 3. The van der Waals surface area contributed by atoms with Gasteiger partial charge in [0.25, 0.3) is 0 Å². The van der Waals surface area contributed by atoms with Gasteiger partial charge in [0.05, 0.1) is 0 Å². The molecule has 2 unspecified atom stereocenters. The quantitative estimate of drug-likeness (QED) is 0.795. The largest absolute Gasteiger partial charge is 0.310 e. The molecule has 0 aromatic rings. The standard InChI is InChI=1S/C17H29N/c1-11(18-15-10-16(15,2)3)17-7-12-4-13(8-17)6-14(5-12)9-17/h11-15,18H,4-10H2,1-3H3. The number of hydrogen-bond acceptors (Lipinski definition) is 1. The highest BCUT2D eigenvalue weighted by atomic mass is 15.0. The van der Waals surface area contributed by atoms with Gasteiger partial charge in [-0.15, -0.1) is 0 Å². The zero-order chi connectivity index (χ0) is 12.5. The van der Waals surface area contributed by atoms with Gasteiger partial charge in [0.15, 0.2) is 0 Å². The minimum absolute atomic E-state index is 0.580. The van der Waals surface area contributed by atoms with Crippen LogP contribution in [-0.2, 0) is 0 Å². The van der Waals surface area contributed by atoms with Crippen LogP contribution in [0.2, 0.25) is 0 Å². The molecule has 5 aliphatic rings. The summed E-state index contributed by atoms with van der Waals surface area (Å²) >= 11 is 0. The van der Waals surface area contributed by atoms with Gasteiger partial charge in [-0.3, -0.25) is 0 Å². The first kappa shape index (κ1) is 11.8. The number of hydrogen-bond donors (Lipinski definition) is 1. The average molecular weight is 247 g/mol. The van der Waals surface area contributed by atoms with Gasteiger partial charge in [-0.05, 0) is 80.5 Å². The molecule has 0 radical (unpaired) electrons. The Balaban J connectivity index is 1.49. The van der Waals surface area contributed by atoms with E-state index in [1.54, 1.807) is 38.5 Å². The predicted molar refractivity (Wildman–Crippen MR) is 75.4 cm³/mol. The Morgan fingerprint density at radius 3 is 1.72 bits per heavy atom. The van der Waals surface area contributed by atoms with Gasteiger partial charge in [0, 0.05) is 12.1 Å². The molecule has 0 aromatic carbocycles. The van der Waals surface area contributed by atoms with Gasteiger partial charge >= 0.3 is 0 Å². The highest BCUT2D eigenvalue weighted by Crippen LogP contribution is 2.61. The maximum absolute atomic E-state index is 4.00. The van der Waals surface area contributed by atoms with Crippen molar-refractivity contribution in [2.45, 2.75) is 77.8 Å². The second-order valence-electron chi connectivity index (χ2n) is 8.91. The fraction of sp³-hybridized carbons (Fsp3) is 1.00. The summed E-state index contributed by atoms with van der Waals surface area (Å²) in [5.41, 5.74) is 1.27. The highest BCUT2D eigenvalue weighted by Gasteiger charge is 2.55. The van der Waals surface area contributed by atoms with E-state index in [1.165, 1.54) is 6.42 Å². The molecule has 0 saturated heterocycles.